The van der Waals surface area contributed by atoms with Gasteiger partial charge < -0.3 is 9.84 Å². The number of halogens is 3. The second-order valence-corrected chi connectivity index (χ2v) is 6.75. The third-order valence-electron chi connectivity index (χ3n) is 2.99. The van der Waals surface area contributed by atoms with Gasteiger partial charge in [0.1, 0.15) is 11.9 Å². The van der Waals surface area contributed by atoms with E-state index < -0.39 is 6.10 Å². The first-order chi connectivity index (χ1) is 10.0. The first-order valence-electron chi connectivity index (χ1n) is 6.58. The molecule has 21 heavy (non-hydrogen) atoms. The van der Waals surface area contributed by atoms with Crippen LogP contribution >= 0.6 is 43.5 Å². The van der Waals surface area contributed by atoms with E-state index in [-0.39, 0.29) is 0 Å². The average Bonchev–Trinajstić information content (AvgIpc) is 2.47. The van der Waals surface area contributed by atoms with Crippen molar-refractivity contribution in [2.45, 2.75) is 19.4 Å². The van der Waals surface area contributed by atoms with Crippen LogP contribution in [-0.2, 0) is 0 Å². The third kappa shape index (κ3) is 4.22. The fourth-order valence-corrected chi connectivity index (χ4v) is 3.07. The summed E-state index contributed by atoms with van der Waals surface area (Å²) in [5.74, 6) is 0.776. The predicted molar refractivity (Wildman–Crippen MR) is 93.1 cm³/mol. The van der Waals surface area contributed by atoms with Crippen molar-refractivity contribution in [2.24, 2.45) is 0 Å². The van der Waals surface area contributed by atoms with E-state index in [1.807, 2.05) is 24.3 Å². The summed E-state index contributed by atoms with van der Waals surface area (Å²) in [5, 5.41) is 11.1. The van der Waals surface area contributed by atoms with Crippen molar-refractivity contribution in [3.63, 3.8) is 0 Å². The van der Waals surface area contributed by atoms with Crippen LogP contribution in [0.25, 0.3) is 0 Å². The maximum absolute atomic E-state index is 10.5. The van der Waals surface area contributed by atoms with Crippen LogP contribution in [0.2, 0.25) is 5.02 Å². The van der Waals surface area contributed by atoms with E-state index in [0.29, 0.717) is 11.6 Å². The second kappa shape index (κ2) is 7.63. The predicted octanol–water partition coefficient (Wildman–Crippen LogP) is 5.74. The lowest BCUT2D eigenvalue weighted by Crippen LogP contribution is -2.02. The van der Waals surface area contributed by atoms with Crippen molar-refractivity contribution in [2.75, 3.05) is 6.61 Å². The topological polar surface area (TPSA) is 29.5 Å². The highest BCUT2D eigenvalue weighted by Crippen LogP contribution is 2.34. The van der Waals surface area contributed by atoms with Crippen LogP contribution < -0.4 is 4.74 Å². The molecule has 0 aliphatic rings. The van der Waals surface area contributed by atoms with Gasteiger partial charge in [0.15, 0.2) is 0 Å². The van der Waals surface area contributed by atoms with Crippen LogP contribution in [-0.4, -0.2) is 11.7 Å². The highest BCUT2D eigenvalue weighted by atomic mass is 79.9. The Kier molecular flexibility index (Phi) is 6.11. The van der Waals surface area contributed by atoms with Crippen LogP contribution in [0, 0.1) is 0 Å². The smallest absolute Gasteiger partial charge is 0.133 e. The molecule has 0 aliphatic carbocycles. The quantitative estimate of drug-likeness (QED) is 0.651. The molecule has 0 aliphatic heterocycles. The van der Waals surface area contributed by atoms with E-state index in [1.165, 1.54) is 0 Å². The Bertz CT molecular complexity index is 632. The summed E-state index contributed by atoms with van der Waals surface area (Å²) in [6.07, 6.45) is 0.196. The molecule has 2 aromatic rings. The lowest BCUT2D eigenvalue weighted by Gasteiger charge is -2.15. The number of hydrogen-bond donors (Lipinski definition) is 1. The normalized spacial score (nSPS) is 12.2. The fraction of sp³-hybridized carbons (Fsp3) is 0.250. The largest absolute Gasteiger partial charge is 0.492 e. The number of aliphatic hydroxyl groups excluding tert-OH is 1. The number of hydrogen-bond acceptors (Lipinski definition) is 2. The van der Waals surface area contributed by atoms with Crippen molar-refractivity contribution >= 4 is 43.5 Å². The summed E-state index contributed by atoms with van der Waals surface area (Å²) in [6, 6.07) is 10.9. The molecule has 2 nitrogen and oxygen atoms in total. The highest BCUT2D eigenvalue weighted by Gasteiger charge is 2.16. The van der Waals surface area contributed by atoms with Gasteiger partial charge in [0.25, 0.3) is 0 Å². The third-order valence-corrected chi connectivity index (χ3v) is 4.56. The van der Waals surface area contributed by atoms with Gasteiger partial charge in [-0.05, 0) is 58.2 Å². The molecule has 0 aromatic heterocycles. The molecule has 0 amide bonds. The van der Waals surface area contributed by atoms with Gasteiger partial charge in [-0.3, -0.25) is 0 Å². The number of benzene rings is 2. The standard InChI is InChI=1S/C16H15Br2ClO2/c1-2-7-21-15-6-3-10(8-14(15)18)16(20)12-9-11(19)4-5-13(12)17/h3-6,8-9,16,20H,2,7H2,1H3. The Morgan fingerprint density at radius 3 is 2.57 bits per heavy atom. The van der Waals surface area contributed by atoms with Crippen molar-refractivity contribution in [1.29, 1.82) is 0 Å². The summed E-state index contributed by atoms with van der Waals surface area (Å²) in [4.78, 5) is 0. The molecule has 0 bridgehead atoms. The van der Waals surface area contributed by atoms with Crippen LogP contribution in [0.3, 0.4) is 0 Å². The minimum absolute atomic E-state index is 0.592. The van der Waals surface area contributed by atoms with Gasteiger partial charge in [-0.2, -0.15) is 0 Å². The molecule has 0 heterocycles. The van der Waals surface area contributed by atoms with E-state index in [2.05, 4.69) is 38.8 Å². The number of aliphatic hydroxyl groups is 1. The van der Waals surface area contributed by atoms with Crippen LogP contribution in [0.1, 0.15) is 30.6 Å². The molecule has 1 unspecified atom stereocenters. The Hall–Kier alpha value is -0.550. The van der Waals surface area contributed by atoms with E-state index in [1.54, 1.807) is 12.1 Å². The summed E-state index contributed by atoms with van der Waals surface area (Å²) in [5.41, 5.74) is 1.50. The molecule has 1 N–H and O–H groups in total. The Morgan fingerprint density at radius 2 is 1.90 bits per heavy atom. The first-order valence-corrected chi connectivity index (χ1v) is 8.54. The minimum Gasteiger partial charge on any atom is -0.492 e. The molecule has 112 valence electrons. The summed E-state index contributed by atoms with van der Waals surface area (Å²) in [6.45, 7) is 2.73. The molecule has 0 saturated carbocycles. The zero-order valence-corrected chi connectivity index (χ0v) is 15.4. The molecule has 0 radical (unpaired) electrons. The van der Waals surface area contributed by atoms with Crippen molar-refractivity contribution in [3.8, 4) is 5.75 Å². The highest BCUT2D eigenvalue weighted by molar-refractivity contribution is 9.10. The maximum atomic E-state index is 10.5. The van der Waals surface area contributed by atoms with Crippen molar-refractivity contribution in [1.82, 2.24) is 0 Å². The van der Waals surface area contributed by atoms with Crippen molar-refractivity contribution in [3.05, 3.63) is 61.5 Å². The lowest BCUT2D eigenvalue weighted by atomic mass is 10.0. The van der Waals surface area contributed by atoms with Crippen LogP contribution in [0.5, 0.6) is 5.75 Å². The van der Waals surface area contributed by atoms with Crippen LogP contribution in [0.4, 0.5) is 0 Å². The Balaban J connectivity index is 2.29. The van der Waals surface area contributed by atoms with Crippen LogP contribution in [0.15, 0.2) is 45.3 Å². The molecule has 1 atom stereocenters. The van der Waals surface area contributed by atoms with Crippen molar-refractivity contribution < 1.29 is 9.84 Å². The maximum Gasteiger partial charge on any atom is 0.133 e. The summed E-state index contributed by atoms with van der Waals surface area (Å²) in [7, 11) is 0. The average molecular weight is 435 g/mol. The molecular weight excluding hydrogens is 419 g/mol. The fourth-order valence-electron chi connectivity index (χ4n) is 1.92. The Labute approximate surface area is 146 Å². The van der Waals surface area contributed by atoms with E-state index >= 15 is 0 Å². The SMILES string of the molecule is CCCOc1ccc(C(O)c2cc(Cl)ccc2Br)cc1Br. The molecule has 2 aromatic carbocycles. The molecule has 0 fully saturated rings. The van der Waals surface area contributed by atoms with E-state index in [9.17, 15) is 5.11 Å². The molecule has 0 spiro atoms. The van der Waals surface area contributed by atoms with Gasteiger partial charge in [-0.1, -0.05) is 40.5 Å². The van der Waals surface area contributed by atoms with Gasteiger partial charge in [-0.25, -0.2) is 0 Å². The zero-order valence-electron chi connectivity index (χ0n) is 11.4. The van der Waals surface area contributed by atoms with Gasteiger partial charge in [-0.15, -0.1) is 0 Å². The number of ether oxygens (including phenoxy) is 1. The molecule has 0 saturated heterocycles. The lowest BCUT2D eigenvalue weighted by molar-refractivity contribution is 0.219. The monoisotopic (exact) mass is 432 g/mol. The van der Waals surface area contributed by atoms with Gasteiger partial charge in [0, 0.05) is 15.1 Å². The number of rotatable bonds is 5. The molecule has 2 rings (SSSR count). The van der Waals surface area contributed by atoms with E-state index in [4.69, 9.17) is 16.3 Å². The minimum atomic E-state index is -0.755. The Morgan fingerprint density at radius 1 is 1.14 bits per heavy atom. The first kappa shape index (κ1) is 16.8. The van der Waals surface area contributed by atoms with Gasteiger partial charge in [0.05, 0.1) is 11.1 Å². The summed E-state index contributed by atoms with van der Waals surface area (Å²) >= 11 is 12.9. The van der Waals surface area contributed by atoms with Gasteiger partial charge in [0.2, 0.25) is 0 Å². The summed E-state index contributed by atoms with van der Waals surface area (Å²) < 4.78 is 7.26. The van der Waals surface area contributed by atoms with Gasteiger partial charge >= 0.3 is 0 Å². The molecule has 5 heteroatoms. The molecular formula is C16H15Br2ClO2. The van der Waals surface area contributed by atoms with E-state index in [0.717, 1.165) is 32.2 Å². The zero-order chi connectivity index (χ0) is 15.4. The second-order valence-electron chi connectivity index (χ2n) is 4.61.